The van der Waals surface area contributed by atoms with Crippen LogP contribution in [-0.2, 0) is 18.9 Å². The van der Waals surface area contributed by atoms with Crippen molar-refractivity contribution in [2.45, 2.75) is 30.7 Å². The molecule has 1 aliphatic rings. The molecule has 0 amide bonds. The highest BCUT2D eigenvalue weighted by atomic mass is 127. The summed E-state index contributed by atoms with van der Waals surface area (Å²) in [6, 6.07) is 0. The molecule has 5 nitrogen and oxygen atoms in total. The molecule has 0 aliphatic carbocycles. The Hall–Kier alpha value is 0.530. The molecular weight excluding hydrogens is 315 g/mol. The number of rotatable bonds is 4. The molecule has 1 heterocycles. The summed E-state index contributed by atoms with van der Waals surface area (Å²) in [7, 11) is 4.69. The Morgan fingerprint density at radius 3 is 2.00 bits per heavy atom. The zero-order valence-electron chi connectivity index (χ0n) is 9.05. The SMILES string of the molecule is CO[C@@H]1[C@H](OC)[C@@H](O)O[C@H](CI)[C@H]1OC. The maximum atomic E-state index is 9.70. The van der Waals surface area contributed by atoms with Crippen molar-refractivity contribution in [2.24, 2.45) is 0 Å². The van der Waals surface area contributed by atoms with Crippen LogP contribution in [0.5, 0.6) is 0 Å². The molecule has 0 saturated carbocycles. The Labute approximate surface area is 103 Å². The van der Waals surface area contributed by atoms with Gasteiger partial charge < -0.3 is 24.1 Å². The van der Waals surface area contributed by atoms with Crippen molar-refractivity contribution in [1.82, 2.24) is 0 Å². The van der Waals surface area contributed by atoms with Crippen LogP contribution < -0.4 is 0 Å². The Morgan fingerprint density at radius 2 is 1.60 bits per heavy atom. The van der Waals surface area contributed by atoms with E-state index in [1.165, 1.54) is 7.11 Å². The van der Waals surface area contributed by atoms with E-state index in [-0.39, 0.29) is 18.3 Å². The molecule has 90 valence electrons. The van der Waals surface area contributed by atoms with Crippen molar-refractivity contribution in [1.29, 1.82) is 0 Å². The average molecular weight is 332 g/mol. The fraction of sp³-hybridized carbons (Fsp3) is 1.00. The maximum absolute atomic E-state index is 9.70. The highest BCUT2D eigenvalue weighted by Crippen LogP contribution is 2.26. The van der Waals surface area contributed by atoms with Crippen molar-refractivity contribution in [3.8, 4) is 0 Å². The van der Waals surface area contributed by atoms with Gasteiger partial charge in [0, 0.05) is 25.8 Å². The maximum Gasteiger partial charge on any atom is 0.184 e. The molecule has 5 atom stereocenters. The summed E-state index contributed by atoms with van der Waals surface area (Å²) in [6.07, 6.45) is -2.20. The molecule has 0 unspecified atom stereocenters. The van der Waals surface area contributed by atoms with Crippen LogP contribution in [0, 0.1) is 0 Å². The third kappa shape index (κ3) is 2.80. The van der Waals surface area contributed by atoms with Gasteiger partial charge in [-0.2, -0.15) is 0 Å². The van der Waals surface area contributed by atoms with Crippen molar-refractivity contribution in [2.75, 3.05) is 25.8 Å². The van der Waals surface area contributed by atoms with Gasteiger partial charge in [0.25, 0.3) is 0 Å². The summed E-state index contributed by atoms with van der Waals surface area (Å²) in [5, 5.41) is 9.70. The largest absolute Gasteiger partial charge is 0.376 e. The Morgan fingerprint density at radius 1 is 1.07 bits per heavy atom. The van der Waals surface area contributed by atoms with Crippen LogP contribution in [0.3, 0.4) is 0 Å². The summed E-state index contributed by atoms with van der Waals surface area (Å²) < 4.78 is 21.9. The van der Waals surface area contributed by atoms with E-state index in [2.05, 4.69) is 22.6 Å². The molecule has 1 saturated heterocycles. The second-order valence-corrected chi connectivity index (χ2v) is 4.20. The number of aliphatic hydroxyl groups excluding tert-OH is 1. The molecule has 1 aliphatic heterocycles. The predicted octanol–water partition coefficient (Wildman–Crippen LogP) is 0.184. The quantitative estimate of drug-likeness (QED) is 0.588. The van der Waals surface area contributed by atoms with Gasteiger partial charge >= 0.3 is 0 Å². The molecule has 1 N–H and O–H groups in total. The van der Waals surface area contributed by atoms with Crippen molar-refractivity contribution >= 4 is 22.6 Å². The monoisotopic (exact) mass is 332 g/mol. The lowest BCUT2D eigenvalue weighted by molar-refractivity contribution is -0.289. The Balaban J connectivity index is 2.80. The molecule has 15 heavy (non-hydrogen) atoms. The smallest absolute Gasteiger partial charge is 0.184 e. The number of alkyl halides is 1. The third-order valence-corrected chi connectivity index (χ3v) is 3.45. The van der Waals surface area contributed by atoms with Crippen LogP contribution >= 0.6 is 22.6 Å². The summed E-state index contributed by atoms with van der Waals surface area (Å²) in [4.78, 5) is 0. The minimum Gasteiger partial charge on any atom is -0.376 e. The first kappa shape index (κ1) is 13.6. The third-order valence-electron chi connectivity index (χ3n) is 2.58. The van der Waals surface area contributed by atoms with Crippen LogP contribution in [0.2, 0.25) is 0 Å². The summed E-state index contributed by atoms with van der Waals surface area (Å²) >= 11 is 2.19. The van der Waals surface area contributed by atoms with Crippen LogP contribution in [0.15, 0.2) is 0 Å². The summed E-state index contributed by atoms with van der Waals surface area (Å²) in [6.45, 7) is 0. The highest BCUT2D eigenvalue weighted by molar-refractivity contribution is 14.1. The van der Waals surface area contributed by atoms with Gasteiger partial charge in [0.1, 0.15) is 18.3 Å². The average Bonchev–Trinajstić information content (AvgIpc) is 2.27. The highest BCUT2D eigenvalue weighted by Gasteiger charge is 2.45. The van der Waals surface area contributed by atoms with Crippen LogP contribution in [-0.4, -0.2) is 61.6 Å². The van der Waals surface area contributed by atoms with Gasteiger partial charge in [-0.25, -0.2) is 0 Å². The Bertz CT molecular complexity index is 191. The van der Waals surface area contributed by atoms with E-state index >= 15 is 0 Å². The van der Waals surface area contributed by atoms with Crippen molar-refractivity contribution in [3.05, 3.63) is 0 Å². The first-order chi connectivity index (χ1) is 7.19. The lowest BCUT2D eigenvalue weighted by Gasteiger charge is -2.42. The molecular formula is C9H17IO5. The predicted molar refractivity (Wildman–Crippen MR) is 62.2 cm³/mol. The molecule has 0 spiro atoms. The number of halogens is 1. The van der Waals surface area contributed by atoms with Crippen molar-refractivity contribution < 1.29 is 24.1 Å². The van der Waals surface area contributed by atoms with E-state index in [1.807, 2.05) is 0 Å². The second kappa shape index (κ2) is 6.31. The molecule has 0 radical (unpaired) electrons. The minimum absolute atomic E-state index is 0.179. The number of aliphatic hydroxyl groups is 1. The van der Waals surface area contributed by atoms with E-state index in [9.17, 15) is 5.11 Å². The van der Waals surface area contributed by atoms with Crippen LogP contribution in [0.25, 0.3) is 0 Å². The van der Waals surface area contributed by atoms with Gasteiger partial charge in [0.2, 0.25) is 0 Å². The number of hydrogen-bond donors (Lipinski definition) is 1. The first-order valence-electron chi connectivity index (χ1n) is 4.67. The van der Waals surface area contributed by atoms with Crippen molar-refractivity contribution in [3.63, 3.8) is 0 Å². The van der Waals surface area contributed by atoms with E-state index in [0.29, 0.717) is 0 Å². The molecule has 0 aromatic carbocycles. The van der Waals surface area contributed by atoms with Gasteiger partial charge in [-0.05, 0) is 0 Å². The van der Waals surface area contributed by atoms with E-state index < -0.39 is 12.4 Å². The number of hydrogen-bond acceptors (Lipinski definition) is 5. The zero-order chi connectivity index (χ0) is 11.4. The fourth-order valence-electron chi connectivity index (χ4n) is 1.82. The normalized spacial score (nSPS) is 41.8. The van der Waals surface area contributed by atoms with Crippen LogP contribution in [0.4, 0.5) is 0 Å². The van der Waals surface area contributed by atoms with E-state index in [1.54, 1.807) is 14.2 Å². The summed E-state index contributed by atoms with van der Waals surface area (Å²) in [5.74, 6) is 0. The van der Waals surface area contributed by atoms with Gasteiger partial charge in [-0.1, -0.05) is 22.6 Å². The molecule has 6 heteroatoms. The summed E-state index contributed by atoms with van der Waals surface area (Å²) in [5.41, 5.74) is 0. The van der Waals surface area contributed by atoms with E-state index in [0.717, 1.165) is 4.43 Å². The minimum atomic E-state index is -0.967. The van der Waals surface area contributed by atoms with Crippen LogP contribution in [0.1, 0.15) is 0 Å². The first-order valence-corrected chi connectivity index (χ1v) is 6.20. The van der Waals surface area contributed by atoms with Gasteiger partial charge in [0.05, 0.1) is 6.10 Å². The molecule has 0 aromatic rings. The lowest BCUT2D eigenvalue weighted by Crippen LogP contribution is -2.59. The fourth-order valence-corrected chi connectivity index (χ4v) is 2.53. The van der Waals surface area contributed by atoms with Gasteiger partial charge in [0.15, 0.2) is 6.29 Å². The molecule has 1 rings (SSSR count). The molecule has 1 fully saturated rings. The standard InChI is InChI=1S/C9H17IO5/c1-12-6-5(4-10)15-9(11)8(14-3)7(6)13-2/h5-9,11H,4H2,1-3H3/t5-,6-,7+,8+,9+/m1/s1. The Kier molecular flexibility index (Phi) is 5.72. The lowest BCUT2D eigenvalue weighted by atomic mass is 9.99. The van der Waals surface area contributed by atoms with Gasteiger partial charge in [-0.3, -0.25) is 0 Å². The number of methoxy groups -OCH3 is 3. The van der Waals surface area contributed by atoms with E-state index in [4.69, 9.17) is 18.9 Å². The van der Waals surface area contributed by atoms with Gasteiger partial charge in [-0.15, -0.1) is 0 Å². The second-order valence-electron chi connectivity index (χ2n) is 3.32. The molecule has 0 aromatic heterocycles. The zero-order valence-corrected chi connectivity index (χ0v) is 11.2. The molecule has 0 bridgehead atoms. The number of ether oxygens (including phenoxy) is 4. The topological polar surface area (TPSA) is 57.2 Å².